The van der Waals surface area contributed by atoms with Gasteiger partial charge in [-0.1, -0.05) is 23.5 Å². The first-order chi connectivity index (χ1) is 14.8. The van der Waals surface area contributed by atoms with Crippen LogP contribution in [0.25, 0.3) is 10.2 Å². The maximum atomic E-state index is 13.3. The smallest absolute Gasteiger partial charge is 0.279 e. The van der Waals surface area contributed by atoms with Crippen LogP contribution in [0.3, 0.4) is 0 Å². The van der Waals surface area contributed by atoms with E-state index in [9.17, 15) is 12.8 Å². The molecular formula is C22H24FN3O3S2. The number of piperidine rings is 1. The van der Waals surface area contributed by atoms with Gasteiger partial charge in [0, 0.05) is 24.7 Å². The number of rotatable bonds is 6. The highest BCUT2D eigenvalue weighted by Crippen LogP contribution is 2.37. The Morgan fingerprint density at radius 1 is 1.16 bits per heavy atom. The molecule has 2 saturated heterocycles. The van der Waals surface area contributed by atoms with Gasteiger partial charge in [-0.2, -0.15) is 4.31 Å². The quantitative estimate of drug-likeness (QED) is 0.594. The number of nitrogens with zero attached hydrogens (tertiary/aromatic N) is 2. The molecular weight excluding hydrogens is 437 g/mol. The first-order valence-electron chi connectivity index (χ1n) is 10.4. The molecule has 2 fully saturated rings. The van der Waals surface area contributed by atoms with Crippen molar-refractivity contribution in [2.75, 3.05) is 6.26 Å². The number of hydrogen-bond donors (Lipinski definition) is 1. The predicted molar refractivity (Wildman–Crippen MR) is 119 cm³/mol. The standard InChI is InChI=1S/C22H24FN3O3S2/c1-31(27,28)26-17-5-6-18(26)12-16(11-17)24-13-14-2-7-19(8-3-14)29-22-25-20-9-4-15(23)10-21(20)30-22/h2-4,7-10,16-18,24H,5-6,11-13H2,1H3/t16?,17-,18+. The van der Waals surface area contributed by atoms with Crippen molar-refractivity contribution in [3.05, 3.63) is 53.8 Å². The zero-order valence-electron chi connectivity index (χ0n) is 17.1. The third-order valence-electron chi connectivity index (χ3n) is 6.10. The molecule has 2 aliphatic rings. The van der Waals surface area contributed by atoms with E-state index in [4.69, 9.17) is 4.74 Å². The number of ether oxygens (including phenoxy) is 1. The van der Waals surface area contributed by atoms with E-state index in [1.54, 1.807) is 10.4 Å². The van der Waals surface area contributed by atoms with E-state index in [1.807, 2.05) is 24.3 Å². The number of fused-ring (bicyclic) bond motifs is 3. The molecule has 1 unspecified atom stereocenters. The number of nitrogens with one attached hydrogen (secondary N) is 1. The lowest BCUT2D eigenvalue weighted by molar-refractivity contribution is 0.207. The molecule has 1 N–H and O–H groups in total. The Labute approximate surface area is 185 Å². The van der Waals surface area contributed by atoms with Gasteiger partial charge in [-0.25, -0.2) is 17.8 Å². The molecule has 31 heavy (non-hydrogen) atoms. The van der Waals surface area contributed by atoms with Crippen molar-refractivity contribution >= 4 is 31.6 Å². The number of hydrogen-bond acceptors (Lipinski definition) is 6. The number of sulfonamides is 1. The average Bonchev–Trinajstić information content (AvgIpc) is 3.24. The second-order valence-corrected chi connectivity index (χ2v) is 11.2. The van der Waals surface area contributed by atoms with Gasteiger partial charge in [-0.3, -0.25) is 0 Å². The van der Waals surface area contributed by atoms with Gasteiger partial charge in [-0.05, 0) is 61.6 Å². The zero-order valence-corrected chi connectivity index (χ0v) is 18.8. The molecule has 0 saturated carbocycles. The van der Waals surface area contributed by atoms with Crippen molar-refractivity contribution in [1.82, 2.24) is 14.6 Å². The minimum absolute atomic E-state index is 0.129. The highest BCUT2D eigenvalue weighted by Gasteiger charge is 2.44. The monoisotopic (exact) mass is 461 g/mol. The third kappa shape index (κ3) is 4.45. The molecule has 0 amide bonds. The fraction of sp³-hybridized carbons (Fsp3) is 0.409. The summed E-state index contributed by atoms with van der Waals surface area (Å²) in [5.41, 5.74) is 1.86. The predicted octanol–water partition coefficient (Wildman–Crippen LogP) is 4.27. The Balaban J connectivity index is 1.17. The van der Waals surface area contributed by atoms with Gasteiger partial charge in [0.2, 0.25) is 10.0 Å². The molecule has 9 heteroatoms. The number of thiazole rings is 1. The summed E-state index contributed by atoms with van der Waals surface area (Å²) in [4.78, 5) is 4.38. The van der Waals surface area contributed by atoms with Gasteiger partial charge in [0.05, 0.1) is 16.5 Å². The molecule has 3 atom stereocenters. The molecule has 2 aliphatic heterocycles. The summed E-state index contributed by atoms with van der Waals surface area (Å²) in [6, 6.07) is 12.9. The molecule has 1 aromatic heterocycles. The summed E-state index contributed by atoms with van der Waals surface area (Å²) in [5, 5.41) is 4.08. The van der Waals surface area contributed by atoms with Crippen molar-refractivity contribution in [1.29, 1.82) is 0 Å². The summed E-state index contributed by atoms with van der Waals surface area (Å²) in [7, 11) is -3.12. The Bertz CT molecular complexity index is 1180. The van der Waals surface area contributed by atoms with Crippen LogP contribution in [0.4, 0.5) is 4.39 Å². The largest absolute Gasteiger partial charge is 0.431 e. The molecule has 0 aliphatic carbocycles. The molecule has 164 valence electrons. The van der Waals surface area contributed by atoms with E-state index in [0.29, 0.717) is 17.0 Å². The van der Waals surface area contributed by atoms with Gasteiger partial charge in [-0.15, -0.1) is 0 Å². The second-order valence-electron chi connectivity index (χ2n) is 8.36. The molecule has 0 spiro atoms. The summed E-state index contributed by atoms with van der Waals surface area (Å²) >= 11 is 1.32. The van der Waals surface area contributed by atoms with Gasteiger partial charge >= 0.3 is 0 Å². The van der Waals surface area contributed by atoms with Crippen LogP contribution in [0.1, 0.15) is 31.2 Å². The summed E-state index contributed by atoms with van der Waals surface area (Å²) in [6.07, 6.45) is 4.97. The lowest BCUT2D eigenvalue weighted by atomic mass is 9.99. The molecule has 2 aromatic carbocycles. The average molecular weight is 462 g/mol. The number of halogens is 1. The maximum absolute atomic E-state index is 13.3. The second kappa shape index (κ2) is 8.12. The van der Waals surface area contributed by atoms with Crippen molar-refractivity contribution in [2.45, 2.75) is 50.4 Å². The molecule has 0 radical (unpaired) electrons. The van der Waals surface area contributed by atoms with Crippen LogP contribution in [0.5, 0.6) is 10.9 Å². The van der Waals surface area contributed by atoms with Crippen molar-refractivity contribution in [2.24, 2.45) is 0 Å². The zero-order chi connectivity index (χ0) is 21.6. The van der Waals surface area contributed by atoms with Crippen LogP contribution in [0, 0.1) is 5.82 Å². The van der Waals surface area contributed by atoms with Crippen LogP contribution in [0.2, 0.25) is 0 Å². The van der Waals surface area contributed by atoms with Gasteiger partial charge in [0.15, 0.2) is 0 Å². The highest BCUT2D eigenvalue weighted by molar-refractivity contribution is 7.88. The van der Waals surface area contributed by atoms with E-state index in [2.05, 4.69) is 10.3 Å². The van der Waals surface area contributed by atoms with Gasteiger partial charge < -0.3 is 10.1 Å². The molecule has 3 heterocycles. The van der Waals surface area contributed by atoms with E-state index >= 15 is 0 Å². The van der Waals surface area contributed by atoms with E-state index in [1.165, 1.54) is 29.7 Å². The van der Waals surface area contributed by atoms with Crippen LogP contribution in [0.15, 0.2) is 42.5 Å². The Kier molecular flexibility index (Phi) is 5.45. The Hall–Kier alpha value is -2.07. The maximum Gasteiger partial charge on any atom is 0.279 e. The topological polar surface area (TPSA) is 71.5 Å². The summed E-state index contributed by atoms with van der Waals surface area (Å²) in [6.45, 7) is 0.726. The van der Waals surface area contributed by atoms with Crippen LogP contribution in [-0.4, -0.2) is 42.1 Å². The molecule has 5 rings (SSSR count). The first-order valence-corrected chi connectivity index (χ1v) is 13.1. The molecule has 2 bridgehead atoms. The van der Waals surface area contributed by atoms with Gasteiger partial charge in [0.25, 0.3) is 5.19 Å². The number of aromatic nitrogens is 1. The summed E-state index contributed by atoms with van der Waals surface area (Å²) in [5.74, 6) is 0.400. The minimum atomic E-state index is -3.12. The van der Waals surface area contributed by atoms with Crippen molar-refractivity contribution in [3.63, 3.8) is 0 Å². The van der Waals surface area contributed by atoms with Crippen LogP contribution in [-0.2, 0) is 16.6 Å². The Morgan fingerprint density at radius 3 is 2.55 bits per heavy atom. The van der Waals surface area contributed by atoms with Crippen LogP contribution < -0.4 is 10.1 Å². The molecule has 6 nitrogen and oxygen atoms in total. The van der Waals surface area contributed by atoms with Gasteiger partial charge in [0.1, 0.15) is 11.6 Å². The highest BCUT2D eigenvalue weighted by atomic mass is 32.2. The Morgan fingerprint density at radius 2 is 1.87 bits per heavy atom. The fourth-order valence-corrected chi connectivity index (χ4v) is 7.13. The third-order valence-corrected chi connectivity index (χ3v) is 8.36. The first kappa shape index (κ1) is 20.8. The SMILES string of the molecule is CS(=O)(=O)N1[C@@H]2CC[C@H]1CC(NCc1ccc(Oc3nc4ccc(F)cc4s3)cc1)C2. The molecule has 3 aromatic rings. The van der Waals surface area contributed by atoms with E-state index in [0.717, 1.165) is 48.0 Å². The van der Waals surface area contributed by atoms with Crippen LogP contribution >= 0.6 is 11.3 Å². The lowest BCUT2D eigenvalue weighted by Gasteiger charge is -2.37. The lowest BCUT2D eigenvalue weighted by Crippen LogP contribution is -2.50. The fourth-order valence-electron chi connectivity index (χ4n) is 4.80. The normalized spacial score (nSPS) is 24.0. The van der Waals surface area contributed by atoms with Crippen molar-refractivity contribution < 1.29 is 17.5 Å². The minimum Gasteiger partial charge on any atom is -0.431 e. The van der Waals surface area contributed by atoms with E-state index < -0.39 is 10.0 Å². The van der Waals surface area contributed by atoms with Crippen molar-refractivity contribution in [3.8, 4) is 10.9 Å². The van der Waals surface area contributed by atoms with E-state index in [-0.39, 0.29) is 17.9 Å². The number of benzene rings is 2. The summed E-state index contributed by atoms with van der Waals surface area (Å²) < 4.78 is 45.7.